The number of hydrogen-bond donors (Lipinski definition) is 3. The summed E-state index contributed by atoms with van der Waals surface area (Å²) in [6.45, 7) is 1.32. The number of carbonyl (C=O) groups is 1. The van der Waals surface area contributed by atoms with E-state index in [1.165, 1.54) is 18.2 Å². The zero-order chi connectivity index (χ0) is 14.6. The lowest BCUT2D eigenvalue weighted by Gasteiger charge is -2.26. The zero-order valence-corrected chi connectivity index (χ0v) is 11.2. The molecule has 1 aromatic carbocycles. The number of para-hydroxylation sites is 1. The number of carbonyl (C=O) groups excluding carboxylic acids is 1. The number of hydrazine groups is 1. The number of ether oxygens (including phenoxy) is 2. The molecule has 2 rings (SSSR count). The second-order valence-corrected chi connectivity index (χ2v) is 4.68. The molecule has 7 heteroatoms. The van der Waals surface area contributed by atoms with Gasteiger partial charge in [-0.2, -0.15) is 0 Å². The number of amides is 1. The van der Waals surface area contributed by atoms with Crippen molar-refractivity contribution in [3.05, 3.63) is 29.6 Å². The summed E-state index contributed by atoms with van der Waals surface area (Å²) in [7, 11) is 1.58. The molecule has 6 nitrogen and oxygen atoms in total. The first-order valence-electron chi connectivity index (χ1n) is 6.28. The van der Waals surface area contributed by atoms with Crippen molar-refractivity contribution in [1.29, 1.82) is 0 Å². The lowest BCUT2D eigenvalue weighted by Crippen LogP contribution is -2.45. The van der Waals surface area contributed by atoms with Gasteiger partial charge in [-0.25, -0.2) is 4.39 Å². The summed E-state index contributed by atoms with van der Waals surface area (Å²) in [6.07, 6.45) is 0.703. The second-order valence-electron chi connectivity index (χ2n) is 4.68. The molecule has 0 saturated carbocycles. The highest BCUT2D eigenvalue weighted by atomic mass is 19.1. The predicted octanol–water partition coefficient (Wildman–Crippen LogP) is 0.647. The number of nitrogens with one attached hydrogen (secondary N) is 2. The number of nitrogen functional groups attached to an aromatic ring is 1. The molecule has 0 bridgehead atoms. The van der Waals surface area contributed by atoms with Crippen molar-refractivity contribution < 1.29 is 18.7 Å². The SMILES string of the molecule is COC1(CNC(=O)c2cccc(F)c2NN)CCOC1. The van der Waals surface area contributed by atoms with E-state index >= 15 is 0 Å². The molecule has 1 atom stereocenters. The number of nitrogens with two attached hydrogens (primary N) is 1. The standard InChI is InChI=1S/C13H18FN3O3/c1-19-13(5-6-20-8-13)7-16-12(18)9-3-2-4-10(14)11(9)17-15/h2-4,17H,5-8,15H2,1H3,(H,16,18). The Balaban J connectivity index is 2.07. The highest BCUT2D eigenvalue weighted by molar-refractivity contribution is 5.99. The zero-order valence-electron chi connectivity index (χ0n) is 11.2. The summed E-state index contributed by atoms with van der Waals surface area (Å²) < 4.78 is 24.2. The molecule has 1 aliphatic heterocycles. The minimum Gasteiger partial charge on any atom is -0.378 e. The van der Waals surface area contributed by atoms with Gasteiger partial charge < -0.3 is 20.2 Å². The second kappa shape index (κ2) is 6.17. The third-order valence-corrected chi connectivity index (χ3v) is 3.47. The predicted molar refractivity (Wildman–Crippen MR) is 71.7 cm³/mol. The molecule has 4 N–H and O–H groups in total. The summed E-state index contributed by atoms with van der Waals surface area (Å²) in [4.78, 5) is 12.1. The van der Waals surface area contributed by atoms with Crippen LogP contribution in [0.1, 0.15) is 16.8 Å². The molecule has 0 spiro atoms. The minimum atomic E-state index is -0.578. The average Bonchev–Trinajstić information content (AvgIpc) is 2.94. The Kier molecular flexibility index (Phi) is 4.53. The minimum absolute atomic E-state index is 0.0286. The Labute approximate surface area is 116 Å². The number of anilines is 1. The van der Waals surface area contributed by atoms with Crippen LogP contribution in [0.25, 0.3) is 0 Å². The van der Waals surface area contributed by atoms with Crippen LogP contribution in [0, 0.1) is 5.82 Å². The summed E-state index contributed by atoms with van der Waals surface area (Å²) in [6, 6.07) is 4.18. The largest absolute Gasteiger partial charge is 0.378 e. The fourth-order valence-corrected chi connectivity index (χ4v) is 2.16. The molecule has 1 saturated heterocycles. The van der Waals surface area contributed by atoms with Crippen LogP contribution in [0.4, 0.5) is 10.1 Å². The molecule has 1 heterocycles. The first-order chi connectivity index (χ1) is 9.62. The van der Waals surface area contributed by atoms with Crippen LogP contribution in [0.2, 0.25) is 0 Å². The molecule has 1 unspecified atom stereocenters. The summed E-state index contributed by atoms with van der Waals surface area (Å²) in [5.41, 5.74) is 1.81. The molecular formula is C13H18FN3O3. The number of hydrogen-bond acceptors (Lipinski definition) is 5. The summed E-state index contributed by atoms with van der Waals surface area (Å²) >= 11 is 0. The van der Waals surface area contributed by atoms with Crippen molar-refractivity contribution in [1.82, 2.24) is 5.32 Å². The van der Waals surface area contributed by atoms with Gasteiger partial charge >= 0.3 is 0 Å². The fraction of sp³-hybridized carbons (Fsp3) is 0.462. The number of rotatable bonds is 5. The van der Waals surface area contributed by atoms with E-state index in [2.05, 4.69) is 10.7 Å². The molecule has 1 fully saturated rings. The summed E-state index contributed by atoms with van der Waals surface area (Å²) in [5, 5.41) is 2.73. The van der Waals surface area contributed by atoms with Crippen molar-refractivity contribution in [2.75, 3.05) is 32.3 Å². The Morgan fingerprint density at radius 1 is 1.60 bits per heavy atom. The van der Waals surface area contributed by atoms with Crippen LogP contribution in [0.5, 0.6) is 0 Å². The summed E-state index contributed by atoms with van der Waals surface area (Å²) in [5.74, 6) is 4.25. The Bertz CT molecular complexity index is 490. The van der Waals surface area contributed by atoms with Crippen molar-refractivity contribution >= 4 is 11.6 Å². The van der Waals surface area contributed by atoms with Gasteiger partial charge in [-0.05, 0) is 12.1 Å². The van der Waals surface area contributed by atoms with Crippen LogP contribution in [0.3, 0.4) is 0 Å². The highest BCUT2D eigenvalue weighted by Crippen LogP contribution is 2.22. The lowest BCUT2D eigenvalue weighted by molar-refractivity contribution is -0.0148. The topological polar surface area (TPSA) is 85.6 Å². The lowest BCUT2D eigenvalue weighted by atomic mass is 10.0. The van der Waals surface area contributed by atoms with Crippen LogP contribution < -0.4 is 16.6 Å². The van der Waals surface area contributed by atoms with Gasteiger partial charge in [-0.1, -0.05) is 6.07 Å². The van der Waals surface area contributed by atoms with E-state index in [4.69, 9.17) is 15.3 Å². The maximum absolute atomic E-state index is 13.5. The number of halogens is 1. The number of methoxy groups -OCH3 is 1. The van der Waals surface area contributed by atoms with Crippen LogP contribution in [-0.4, -0.2) is 38.4 Å². The average molecular weight is 283 g/mol. The Hall–Kier alpha value is -1.70. The third-order valence-electron chi connectivity index (χ3n) is 3.47. The van der Waals surface area contributed by atoms with Crippen molar-refractivity contribution in [3.8, 4) is 0 Å². The van der Waals surface area contributed by atoms with E-state index in [0.29, 0.717) is 26.2 Å². The smallest absolute Gasteiger partial charge is 0.253 e. The molecule has 1 aromatic rings. The van der Waals surface area contributed by atoms with E-state index in [-0.39, 0.29) is 11.3 Å². The van der Waals surface area contributed by atoms with Gasteiger partial charge in [0.1, 0.15) is 11.4 Å². The van der Waals surface area contributed by atoms with Gasteiger partial charge in [0.05, 0.1) is 17.9 Å². The fourth-order valence-electron chi connectivity index (χ4n) is 2.16. The van der Waals surface area contributed by atoms with E-state index in [1.807, 2.05) is 0 Å². The normalized spacial score (nSPS) is 21.8. The van der Waals surface area contributed by atoms with Gasteiger partial charge in [0.15, 0.2) is 0 Å². The first kappa shape index (κ1) is 14.7. The number of benzene rings is 1. The van der Waals surface area contributed by atoms with Gasteiger partial charge in [-0.15, -0.1) is 0 Å². The molecule has 0 radical (unpaired) electrons. The van der Waals surface area contributed by atoms with Gasteiger partial charge in [-0.3, -0.25) is 10.6 Å². The van der Waals surface area contributed by atoms with Gasteiger partial charge in [0, 0.05) is 26.7 Å². The Morgan fingerprint density at radius 2 is 2.40 bits per heavy atom. The van der Waals surface area contributed by atoms with Gasteiger partial charge in [0.25, 0.3) is 5.91 Å². The van der Waals surface area contributed by atoms with E-state index < -0.39 is 17.3 Å². The molecule has 1 amide bonds. The molecule has 0 aromatic heterocycles. The first-order valence-corrected chi connectivity index (χ1v) is 6.28. The van der Waals surface area contributed by atoms with Crippen molar-refractivity contribution in [2.45, 2.75) is 12.0 Å². The maximum atomic E-state index is 13.5. The molecule has 0 aliphatic carbocycles. The Morgan fingerprint density at radius 3 is 3.00 bits per heavy atom. The van der Waals surface area contributed by atoms with E-state index in [9.17, 15) is 9.18 Å². The maximum Gasteiger partial charge on any atom is 0.253 e. The highest BCUT2D eigenvalue weighted by Gasteiger charge is 2.35. The monoisotopic (exact) mass is 283 g/mol. The van der Waals surface area contributed by atoms with Crippen molar-refractivity contribution in [2.24, 2.45) is 5.84 Å². The van der Waals surface area contributed by atoms with E-state index in [0.717, 1.165) is 0 Å². The van der Waals surface area contributed by atoms with Gasteiger partial charge in [0.2, 0.25) is 0 Å². The van der Waals surface area contributed by atoms with E-state index in [1.54, 1.807) is 7.11 Å². The molecule has 1 aliphatic rings. The quantitative estimate of drug-likeness (QED) is 0.545. The molecule has 110 valence electrons. The van der Waals surface area contributed by atoms with Crippen LogP contribution in [-0.2, 0) is 9.47 Å². The van der Waals surface area contributed by atoms with Crippen LogP contribution >= 0.6 is 0 Å². The molecule has 20 heavy (non-hydrogen) atoms. The van der Waals surface area contributed by atoms with Crippen molar-refractivity contribution in [3.63, 3.8) is 0 Å². The third kappa shape index (κ3) is 2.90. The van der Waals surface area contributed by atoms with Crippen LogP contribution in [0.15, 0.2) is 18.2 Å². The molecular weight excluding hydrogens is 265 g/mol.